The van der Waals surface area contributed by atoms with E-state index in [1.54, 1.807) is 6.92 Å². The van der Waals surface area contributed by atoms with Gasteiger partial charge in [0.2, 0.25) is 5.91 Å². The van der Waals surface area contributed by atoms with E-state index in [-0.39, 0.29) is 23.3 Å². The van der Waals surface area contributed by atoms with Crippen molar-refractivity contribution in [2.75, 3.05) is 0 Å². The van der Waals surface area contributed by atoms with E-state index in [0.717, 1.165) is 32.1 Å². The second kappa shape index (κ2) is 2.83. The number of carbonyl (C=O) groups excluding carboxylic acids is 2. The third-order valence-corrected chi connectivity index (χ3v) is 4.44. The van der Waals surface area contributed by atoms with Gasteiger partial charge in [0.25, 0.3) is 0 Å². The van der Waals surface area contributed by atoms with Crippen LogP contribution in [-0.2, 0) is 9.59 Å². The zero-order chi connectivity index (χ0) is 10.6. The van der Waals surface area contributed by atoms with Crippen LogP contribution in [0.3, 0.4) is 0 Å². The van der Waals surface area contributed by atoms with Crippen molar-refractivity contribution in [1.29, 1.82) is 0 Å². The Morgan fingerprint density at radius 2 is 1.87 bits per heavy atom. The van der Waals surface area contributed by atoms with Crippen molar-refractivity contribution in [1.82, 2.24) is 5.32 Å². The third kappa shape index (κ3) is 1.32. The van der Waals surface area contributed by atoms with Gasteiger partial charge in [0.05, 0.1) is 0 Å². The Morgan fingerprint density at radius 1 is 1.27 bits per heavy atom. The van der Waals surface area contributed by atoms with Crippen LogP contribution in [0.2, 0.25) is 0 Å². The number of amides is 1. The van der Waals surface area contributed by atoms with E-state index in [2.05, 4.69) is 5.32 Å². The normalized spacial score (nSPS) is 47.0. The van der Waals surface area contributed by atoms with Crippen LogP contribution in [0.25, 0.3) is 0 Å². The van der Waals surface area contributed by atoms with Crippen LogP contribution in [0, 0.1) is 17.8 Å². The summed E-state index contributed by atoms with van der Waals surface area (Å²) in [5, 5.41) is 3.12. The van der Waals surface area contributed by atoms with Gasteiger partial charge in [-0.2, -0.15) is 0 Å². The van der Waals surface area contributed by atoms with Gasteiger partial charge in [-0.1, -0.05) is 0 Å². The van der Waals surface area contributed by atoms with Crippen LogP contribution in [0.5, 0.6) is 0 Å². The molecule has 4 aliphatic rings. The molecule has 0 radical (unpaired) electrons. The average Bonchev–Trinajstić information content (AvgIpc) is 2.10. The average molecular weight is 207 g/mol. The van der Waals surface area contributed by atoms with E-state index in [1.807, 2.05) is 0 Å². The molecule has 3 nitrogen and oxygen atoms in total. The molecule has 15 heavy (non-hydrogen) atoms. The van der Waals surface area contributed by atoms with Gasteiger partial charge in [-0.25, -0.2) is 0 Å². The molecule has 4 saturated carbocycles. The summed E-state index contributed by atoms with van der Waals surface area (Å²) in [5.74, 6) is 1.73. The first-order chi connectivity index (χ1) is 7.08. The minimum Gasteiger partial charge on any atom is -0.351 e. The smallest absolute Gasteiger partial charge is 0.217 e. The molecule has 4 rings (SSSR count). The van der Waals surface area contributed by atoms with Gasteiger partial charge in [-0.05, 0) is 38.0 Å². The lowest BCUT2D eigenvalue weighted by Gasteiger charge is -2.55. The third-order valence-electron chi connectivity index (χ3n) is 4.44. The maximum atomic E-state index is 11.9. The number of rotatable bonds is 1. The molecule has 0 aromatic carbocycles. The lowest BCUT2D eigenvalue weighted by atomic mass is 9.52. The number of nitrogens with one attached hydrogen (secondary N) is 1. The summed E-state index contributed by atoms with van der Waals surface area (Å²) in [6.45, 7) is 1.58. The van der Waals surface area contributed by atoms with Gasteiger partial charge in [-0.15, -0.1) is 0 Å². The minimum atomic E-state index is -0.0176. The highest BCUT2D eigenvalue weighted by Crippen LogP contribution is 2.53. The fraction of sp³-hybridized carbons (Fsp3) is 0.833. The summed E-state index contributed by atoms with van der Waals surface area (Å²) < 4.78 is 0. The highest BCUT2D eigenvalue weighted by molar-refractivity contribution is 5.86. The van der Waals surface area contributed by atoms with E-state index < -0.39 is 0 Å². The summed E-state index contributed by atoms with van der Waals surface area (Å²) in [7, 11) is 0. The molecule has 0 aliphatic heterocycles. The molecule has 0 spiro atoms. The first kappa shape index (κ1) is 9.37. The standard InChI is InChI=1S/C12H17NO2/c1-7(14)13-12-4-8-2-9(5-12)11(15)10(3-8)6-12/h8-10H,2-6H2,1H3,(H,13,14)/t8?,9-,10-,12?/m1/s1. The molecule has 0 aromatic heterocycles. The molecule has 0 heterocycles. The summed E-state index contributed by atoms with van der Waals surface area (Å²) in [6, 6.07) is 0. The predicted octanol–water partition coefficient (Wildman–Crippen LogP) is 1.27. The van der Waals surface area contributed by atoms with Crippen LogP contribution >= 0.6 is 0 Å². The highest BCUT2D eigenvalue weighted by Gasteiger charge is 2.55. The Balaban J connectivity index is 1.89. The second-order valence-electron chi connectivity index (χ2n) is 5.71. The van der Waals surface area contributed by atoms with Gasteiger partial charge >= 0.3 is 0 Å². The minimum absolute atomic E-state index is 0.0176. The number of Topliss-reactive ketones (excluding diaryl/α,β-unsaturated/α-hetero) is 1. The Hall–Kier alpha value is -0.860. The molecule has 4 fully saturated rings. The molecule has 0 aromatic rings. The number of hydrogen-bond donors (Lipinski definition) is 1. The van der Waals surface area contributed by atoms with Crippen molar-refractivity contribution in [3.05, 3.63) is 0 Å². The quantitative estimate of drug-likeness (QED) is 0.703. The molecule has 1 amide bonds. The molecule has 1 N–H and O–H groups in total. The molecule has 0 saturated heterocycles. The van der Waals surface area contributed by atoms with Crippen molar-refractivity contribution < 1.29 is 9.59 Å². The van der Waals surface area contributed by atoms with Crippen LogP contribution in [-0.4, -0.2) is 17.2 Å². The summed E-state index contributed by atoms with van der Waals surface area (Å²) in [6.07, 6.45) is 5.07. The maximum Gasteiger partial charge on any atom is 0.217 e. The first-order valence-corrected chi connectivity index (χ1v) is 5.90. The lowest BCUT2D eigenvalue weighted by Crippen LogP contribution is -2.62. The van der Waals surface area contributed by atoms with Crippen molar-refractivity contribution in [2.45, 2.75) is 44.6 Å². The van der Waals surface area contributed by atoms with Crippen molar-refractivity contribution in [3.63, 3.8) is 0 Å². The molecule has 4 bridgehead atoms. The largest absolute Gasteiger partial charge is 0.351 e. The molecule has 4 aliphatic carbocycles. The number of hydrogen-bond acceptors (Lipinski definition) is 2. The summed E-state index contributed by atoms with van der Waals surface area (Å²) >= 11 is 0. The van der Waals surface area contributed by atoms with E-state index in [4.69, 9.17) is 0 Å². The van der Waals surface area contributed by atoms with Crippen molar-refractivity contribution in [2.24, 2.45) is 17.8 Å². The first-order valence-electron chi connectivity index (χ1n) is 5.90. The van der Waals surface area contributed by atoms with Gasteiger partial charge in [0.15, 0.2) is 0 Å². The summed E-state index contributed by atoms with van der Waals surface area (Å²) in [4.78, 5) is 23.1. The molecule has 82 valence electrons. The van der Waals surface area contributed by atoms with Crippen molar-refractivity contribution >= 4 is 11.7 Å². The maximum absolute atomic E-state index is 11.9. The van der Waals surface area contributed by atoms with Gasteiger partial charge in [0, 0.05) is 24.3 Å². The van der Waals surface area contributed by atoms with Crippen LogP contribution in [0.4, 0.5) is 0 Å². The van der Waals surface area contributed by atoms with Gasteiger partial charge in [-0.3, -0.25) is 9.59 Å². The zero-order valence-corrected chi connectivity index (χ0v) is 9.08. The fourth-order valence-electron chi connectivity index (χ4n) is 4.27. The van der Waals surface area contributed by atoms with Crippen molar-refractivity contribution in [3.8, 4) is 0 Å². The van der Waals surface area contributed by atoms with Gasteiger partial charge < -0.3 is 5.32 Å². The molecule has 3 heteroatoms. The fourth-order valence-corrected chi connectivity index (χ4v) is 4.27. The molecular formula is C12H17NO2. The highest BCUT2D eigenvalue weighted by atomic mass is 16.1. The van der Waals surface area contributed by atoms with E-state index in [9.17, 15) is 9.59 Å². The zero-order valence-electron chi connectivity index (χ0n) is 9.08. The van der Waals surface area contributed by atoms with Crippen LogP contribution in [0.1, 0.15) is 39.0 Å². The number of ketones is 1. The molecule has 2 atom stereocenters. The summed E-state index contributed by atoms with van der Waals surface area (Å²) in [5.41, 5.74) is -0.0176. The lowest BCUT2D eigenvalue weighted by molar-refractivity contribution is -0.145. The Labute approximate surface area is 89.6 Å². The van der Waals surface area contributed by atoms with Crippen LogP contribution in [0.15, 0.2) is 0 Å². The van der Waals surface area contributed by atoms with E-state index >= 15 is 0 Å². The molecular weight excluding hydrogens is 190 g/mol. The van der Waals surface area contributed by atoms with E-state index in [1.165, 1.54) is 0 Å². The molecule has 0 unspecified atom stereocenters. The Bertz CT molecular complexity index is 319. The Morgan fingerprint density at radius 3 is 2.40 bits per heavy atom. The predicted molar refractivity (Wildman–Crippen MR) is 55.1 cm³/mol. The van der Waals surface area contributed by atoms with Crippen LogP contribution < -0.4 is 5.32 Å². The van der Waals surface area contributed by atoms with E-state index in [0.29, 0.717) is 11.7 Å². The SMILES string of the molecule is CC(=O)NC12CC3C[C@H](C1)C(=O)[C@H](C3)C2. The van der Waals surface area contributed by atoms with Gasteiger partial charge in [0.1, 0.15) is 5.78 Å². The second-order valence-corrected chi connectivity index (χ2v) is 5.71. The Kier molecular flexibility index (Phi) is 1.77. The number of carbonyl (C=O) groups is 2. The monoisotopic (exact) mass is 207 g/mol. The topological polar surface area (TPSA) is 46.2 Å².